The Morgan fingerprint density at radius 2 is 1.78 bits per heavy atom. The number of halogens is 1. The van der Waals surface area contributed by atoms with Gasteiger partial charge in [0.15, 0.2) is 11.6 Å². The van der Waals surface area contributed by atoms with Crippen molar-refractivity contribution in [3.8, 4) is 11.4 Å². The quantitative estimate of drug-likeness (QED) is 0.810. The highest BCUT2D eigenvalue weighted by molar-refractivity contribution is 5.70. The van der Waals surface area contributed by atoms with Crippen molar-refractivity contribution in [3.05, 3.63) is 42.5 Å². The number of piperazine rings is 1. The minimum atomic E-state index is -0.475. The van der Waals surface area contributed by atoms with E-state index in [0.29, 0.717) is 18.4 Å². The minimum Gasteiger partial charge on any atom is -0.444 e. The van der Waals surface area contributed by atoms with Crippen LogP contribution in [0.3, 0.4) is 0 Å². The highest BCUT2D eigenvalue weighted by Gasteiger charge is 2.46. The first-order valence-corrected chi connectivity index (χ1v) is 9.14. The van der Waals surface area contributed by atoms with Crippen LogP contribution in [-0.2, 0) is 4.74 Å². The van der Waals surface area contributed by atoms with E-state index in [-0.39, 0.29) is 12.1 Å². The fourth-order valence-corrected chi connectivity index (χ4v) is 3.79. The number of carbonyl (C=O) groups is 1. The van der Waals surface area contributed by atoms with Gasteiger partial charge in [0.1, 0.15) is 5.60 Å². The van der Waals surface area contributed by atoms with Crippen molar-refractivity contribution >= 4 is 11.8 Å². The van der Waals surface area contributed by atoms with Gasteiger partial charge in [-0.05, 0) is 51.5 Å². The summed E-state index contributed by atoms with van der Waals surface area (Å²) in [5.41, 5.74) is 1.48. The van der Waals surface area contributed by atoms with Crippen molar-refractivity contribution in [2.75, 3.05) is 18.0 Å². The third-order valence-corrected chi connectivity index (χ3v) is 4.95. The van der Waals surface area contributed by atoms with E-state index in [1.807, 2.05) is 49.9 Å². The molecule has 1 aromatic carbocycles. The fraction of sp³-hybridized carbons (Fsp3) is 0.450. The Morgan fingerprint density at radius 1 is 1.11 bits per heavy atom. The maximum absolute atomic E-state index is 13.0. The van der Waals surface area contributed by atoms with Crippen molar-refractivity contribution in [1.29, 1.82) is 0 Å². The number of fused-ring (bicyclic) bond motifs is 2. The van der Waals surface area contributed by atoms with Gasteiger partial charge in [-0.1, -0.05) is 0 Å². The summed E-state index contributed by atoms with van der Waals surface area (Å²) in [6.07, 6.45) is 3.07. The monoisotopic (exact) mass is 370 g/mol. The number of amides is 1. The van der Waals surface area contributed by atoms with Crippen molar-refractivity contribution in [1.82, 2.24) is 14.9 Å². The van der Waals surface area contributed by atoms with E-state index in [1.54, 1.807) is 0 Å². The molecule has 0 radical (unpaired) electrons. The fourth-order valence-electron chi connectivity index (χ4n) is 3.79. The number of nitrogens with zero attached hydrogens (tertiary/aromatic N) is 4. The number of carbonyl (C=O) groups excluding carboxylic acids is 1. The summed E-state index contributed by atoms with van der Waals surface area (Å²) in [4.78, 5) is 24.6. The molecule has 0 unspecified atom stereocenters. The molecular formula is C20H23FN4O2. The van der Waals surface area contributed by atoms with Gasteiger partial charge in [0, 0.05) is 30.4 Å². The highest BCUT2D eigenvalue weighted by atomic mass is 19.1. The van der Waals surface area contributed by atoms with E-state index in [2.05, 4.69) is 14.9 Å². The lowest BCUT2D eigenvalue weighted by atomic mass is 10.1. The molecule has 0 saturated carbocycles. The normalized spacial score (nSPS) is 21.6. The number of benzene rings is 1. The topological polar surface area (TPSA) is 58.6 Å². The summed E-state index contributed by atoms with van der Waals surface area (Å²) < 4.78 is 18.5. The van der Waals surface area contributed by atoms with Crippen LogP contribution < -0.4 is 4.90 Å². The lowest BCUT2D eigenvalue weighted by Gasteiger charge is -2.36. The van der Waals surface area contributed by atoms with E-state index < -0.39 is 11.4 Å². The molecule has 7 heteroatoms. The SMILES string of the molecule is CC(C)(C)OC(=O)N1C[C@H]2C[C@H]1CN2c1ccc(-c2ncc(F)cn2)cc1. The summed E-state index contributed by atoms with van der Waals surface area (Å²) in [6.45, 7) is 7.15. The van der Waals surface area contributed by atoms with Gasteiger partial charge in [-0.2, -0.15) is 0 Å². The molecule has 6 nitrogen and oxygen atoms in total. The molecule has 0 aliphatic carbocycles. The Kier molecular flexibility index (Phi) is 4.25. The van der Waals surface area contributed by atoms with Crippen molar-refractivity contribution in [2.24, 2.45) is 0 Å². The molecule has 0 spiro atoms. The number of rotatable bonds is 2. The second-order valence-corrected chi connectivity index (χ2v) is 8.10. The van der Waals surface area contributed by atoms with Gasteiger partial charge in [0.05, 0.1) is 18.4 Å². The molecule has 2 fully saturated rings. The first-order chi connectivity index (χ1) is 12.8. The van der Waals surface area contributed by atoms with Crippen molar-refractivity contribution in [3.63, 3.8) is 0 Å². The summed E-state index contributed by atoms with van der Waals surface area (Å²) in [5, 5.41) is 0. The largest absolute Gasteiger partial charge is 0.444 e. The molecule has 2 saturated heterocycles. The molecule has 4 rings (SSSR count). The molecule has 3 heterocycles. The van der Waals surface area contributed by atoms with Gasteiger partial charge in [0.25, 0.3) is 0 Å². The number of ether oxygens (including phenoxy) is 1. The molecular weight excluding hydrogens is 347 g/mol. The number of likely N-dealkylation sites (tertiary alicyclic amines) is 1. The smallest absolute Gasteiger partial charge is 0.410 e. The summed E-state index contributed by atoms with van der Waals surface area (Å²) in [6, 6.07) is 8.43. The van der Waals surface area contributed by atoms with E-state index in [9.17, 15) is 9.18 Å². The predicted molar refractivity (Wildman–Crippen MR) is 99.9 cm³/mol. The first kappa shape index (κ1) is 17.7. The zero-order valence-electron chi connectivity index (χ0n) is 15.7. The standard InChI is InChI=1S/C20H23FN4O2/c1-20(2,3)27-19(26)25-12-16-8-17(25)11-24(16)15-6-4-13(5-7-15)18-22-9-14(21)10-23-18/h4-7,9-10,16-17H,8,11-12H2,1-3H3/t16-,17+/m1/s1. The van der Waals surface area contributed by atoms with Crippen molar-refractivity contribution in [2.45, 2.75) is 44.9 Å². The van der Waals surface area contributed by atoms with Crippen LogP contribution in [0.25, 0.3) is 11.4 Å². The number of hydrogen-bond donors (Lipinski definition) is 0. The Morgan fingerprint density at radius 3 is 2.33 bits per heavy atom. The zero-order chi connectivity index (χ0) is 19.2. The van der Waals surface area contributed by atoms with E-state index in [4.69, 9.17) is 4.74 Å². The third-order valence-electron chi connectivity index (χ3n) is 4.95. The molecule has 2 atom stereocenters. The first-order valence-electron chi connectivity index (χ1n) is 9.14. The van der Waals surface area contributed by atoms with Crippen LogP contribution in [0.1, 0.15) is 27.2 Å². The van der Waals surface area contributed by atoms with Gasteiger partial charge in [-0.15, -0.1) is 0 Å². The molecule has 27 heavy (non-hydrogen) atoms. The minimum absolute atomic E-state index is 0.185. The van der Waals surface area contributed by atoms with Crippen LogP contribution in [0.15, 0.2) is 36.7 Å². The molecule has 0 N–H and O–H groups in total. The second kappa shape index (κ2) is 6.48. The highest BCUT2D eigenvalue weighted by Crippen LogP contribution is 2.35. The lowest BCUT2D eigenvalue weighted by Crippen LogP contribution is -2.50. The molecule has 2 aliphatic rings. The Bertz CT molecular complexity index is 833. The average Bonchev–Trinajstić information content (AvgIpc) is 3.22. The van der Waals surface area contributed by atoms with Gasteiger partial charge in [-0.3, -0.25) is 0 Å². The molecule has 1 aromatic heterocycles. The van der Waals surface area contributed by atoms with E-state index in [1.165, 1.54) is 12.4 Å². The lowest BCUT2D eigenvalue weighted by molar-refractivity contribution is 0.0215. The Balaban J connectivity index is 1.43. The predicted octanol–water partition coefficient (Wildman–Crippen LogP) is 3.48. The molecule has 2 aliphatic heterocycles. The molecule has 2 bridgehead atoms. The maximum Gasteiger partial charge on any atom is 0.410 e. The Labute approximate surface area is 158 Å². The average molecular weight is 370 g/mol. The number of aromatic nitrogens is 2. The Hall–Kier alpha value is -2.70. The van der Waals surface area contributed by atoms with Gasteiger partial charge < -0.3 is 14.5 Å². The second-order valence-electron chi connectivity index (χ2n) is 8.10. The molecule has 2 aromatic rings. The number of hydrogen-bond acceptors (Lipinski definition) is 5. The van der Waals surface area contributed by atoms with Crippen LogP contribution in [-0.4, -0.2) is 51.7 Å². The van der Waals surface area contributed by atoms with E-state index in [0.717, 1.165) is 24.2 Å². The van der Waals surface area contributed by atoms with Crippen LogP contribution in [0.4, 0.5) is 14.9 Å². The van der Waals surface area contributed by atoms with Crippen LogP contribution in [0, 0.1) is 5.82 Å². The van der Waals surface area contributed by atoms with E-state index >= 15 is 0 Å². The zero-order valence-corrected chi connectivity index (χ0v) is 15.7. The van der Waals surface area contributed by atoms with Crippen LogP contribution >= 0.6 is 0 Å². The van der Waals surface area contributed by atoms with Crippen LogP contribution in [0.5, 0.6) is 0 Å². The van der Waals surface area contributed by atoms with Gasteiger partial charge in [0.2, 0.25) is 0 Å². The number of anilines is 1. The molecule has 1 amide bonds. The van der Waals surface area contributed by atoms with Gasteiger partial charge >= 0.3 is 6.09 Å². The summed E-state index contributed by atoms with van der Waals surface area (Å²) in [7, 11) is 0. The summed E-state index contributed by atoms with van der Waals surface area (Å²) >= 11 is 0. The third kappa shape index (κ3) is 3.59. The molecule has 142 valence electrons. The summed E-state index contributed by atoms with van der Waals surface area (Å²) in [5.74, 6) is 0.0556. The maximum atomic E-state index is 13.0. The van der Waals surface area contributed by atoms with Crippen molar-refractivity contribution < 1.29 is 13.9 Å². The van der Waals surface area contributed by atoms with Crippen LogP contribution in [0.2, 0.25) is 0 Å². The van der Waals surface area contributed by atoms with Gasteiger partial charge in [-0.25, -0.2) is 19.2 Å².